The van der Waals surface area contributed by atoms with E-state index in [-0.39, 0.29) is 12.0 Å². The van der Waals surface area contributed by atoms with Gasteiger partial charge in [-0.05, 0) is 18.4 Å². The van der Waals surface area contributed by atoms with Crippen molar-refractivity contribution < 1.29 is 14.1 Å². The second kappa shape index (κ2) is 7.17. The van der Waals surface area contributed by atoms with Crippen molar-refractivity contribution in [1.82, 2.24) is 15.5 Å². The summed E-state index contributed by atoms with van der Waals surface area (Å²) in [5.74, 6) is 1.15. The van der Waals surface area contributed by atoms with E-state index in [2.05, 4.69) is 15.5 Å². The van der Waals surface area contributed by atoms with Gasteiger partial charge in [0.2, 0.25) is 11.8 Å². The van der Waals surface area contributed by atoms with Crippen LogP contribution in [-0.4, -0.2) is 35.3 Å². The molecule has 1 aliphatic heterocycles. The van der Waals surface area contributed by atoms with Gasteiger partial charge in [0.05, 0.1) is 0 Å². The van der Waals surface area contributed by atoms with Crippen molar-refractivity contribution in [2.24, 2.45) is 0 Å². The average molecular weight is 301 g/mol. The van der Waals surface area contributed by atoms with Crippen LogP contribution in [-0.2, 0) is 22.4 Å². The Kier molecular flexibility index (Phi) is 4.80. The molecule has 1 aromatic heterocycles. The highest BCUT2D eigenvalue weighted by Crippen LogP contribution is 2.11. The van der Waals surface area contributed by atoms with Crippen molar-refractivity contribution in [3.63, 3.8) is 0 Å². The van der Waals surface area contributed by atoms with Crippen LogP contribution in [0, 0.1) is 0 Å². The smallest absolute Gasteiger partial charge is 0.249 e. The van der Waals surface area contributed by atoms with E-state index in [0.29, 0.717) is 37.7 Å². The highest BCUT2D eigenvalue weighted by atomic mass is 16.5. The average Bonchev–Trinajstić information content (AvgIpc) is 3.20. The molecule has 1 saturated heterocycles. The maximum absolute atomic E-state index is 11.8. The number of benzene rings is 1. The lowest BCUT2D eigenvalue weighted by molar-refractivity contribution is -0.130. The van der Waals surface area contributed by atoms with Crippen LogP contribution in [0.2, 0.25) is 0 Å². The molecule has 6 nitrogen and oxygen atoms in total. The molecule has 3 rings (SSSR count). The summed E-state index contributed by atoms with van der Waals surface area (Å²) in [6, 6.07) is 9.99. The predicted molar refractivity (Wildman–Crippen MR) is 79.2 cm³/mol. The molecule has 6 heteroatoms. The zero-order valence-corrected chi connectivity index (χ0v) is 12.3. The Labute approximate surface area is 128 Å². The molecule has 0 aliphatic carbocycles. The van der Waals surface area contributed by atoms with Crippen molar-refractivity contribution in [2.75, 3.05) is 13.2 Å². The third-order valence-corrected chi connectivity index (χ3v) is 3.58. The van der Waals surface area contributed by atoms with Gasteiger partial charge >= 0.3 is 0 Å². The van der Waals surface area contributed by atoms with Gasteiger partial charge in [0.15, 0.2) is 5.82 Å². The van der Waals surface area contributed by atoms with E-state index in [0.717, 1.165) is 18.4 Å². The highest BCUT2D eigenvalue weighted by molar-refractivity contribution is 5.80. The minimum Gasteiger partial charge on any atom is -0.368 e. The molecule has 2 aromatic rings. The van der Waals surface area contributed by atoms with Gasteiger partial charge in [0, 0.05) is 26.0 Å². The number of carbonyl (C=O) groups excluding carboxylic acids is 1. The normalized spacial score (nSPS) is 17.5. The van der Waals surface area contributed by atoms with E-state index >= 15 is 0 Å². The van der Waals surface area contributed by atoms with Crippen LogP contribution in [0.5, 0.6) is 0 Å². The topological polar surface area (TPSA) is 77.3 Å². The molecule has 1 amide bonds. The van der Waals surface area contributed by atoms with Crippen molar-refractivity contribution in [1.29, 1.82) is 0 Å². The fourth-order valence-corrected chi connectivity index (χ4v) is 2.43. The van der Waals surface area contributed by atoms with Crippen LogP contribution in [0.1, 0.15) is 30.1 Å². The fraction of sp³-hybridized carbons (Fsp3) is 0.438. The molecule has 1 atom stereocenters. The largest absolute Gasteiger partial charge is 0.368 e. The van der Waals surface area contributed by atoms with Crippen molar-refractivity contribution >= 4 is 5.91 Å². The van der Waals surface area contributed by atoms with E-state index in [9.17, 15) is 4.79 Å². The minimum absolute atomic E-state index is 0.0541. The molecule has 116 valence electrons. The molecule has 22 heavy (non-hydrogen) atoms. The standard InChI is InChI=1S/C16H19N3O3/c20-16(13-7-4-10-21-13)17-9-8-15-18-14(19-22-15)11-12-5-2-1-3-6-12/h1-3,5-6,13H,4,7-11H2,(H,17,20)/t13-/m1/s1. The first kappa shape index (κ1) is 14.7. The summed E-state index contributed by atoms with van der Waals surface area (Å²) in [4.78, 5) is 16.1. The first-order chi connectivity index (χ1) is 10.8. The molecule has 1 aliphatic rings. The minimum atomic E-state index is -0.295. The van der Waals surface area contributed by atoms with Gasteiger partial charge in [0.25, 0.3) is 0 Å². The van der Waals surface area contributed by atoms with Gasteiger partial charge < -0.3 is 14.6 Å². The number of nitrogens with zero attached hydrogens (tertiary/aromatic N) is 2. The van der Waals surface area contributed by atoms with E-state index in [1.54, 1.807) is 0 Å². The quantitative estimate of drug-likeness (QED) is 0.875. The second-order valence-electron chi connectivity index (χ2n) is 5.31. The summed E-state index contributed by atoms with van der Waals surface area (Å²) in [5, 5.41) is 6.80. The summed E-state index contributed by atoms with van der Waals surface area (Å²) in [6.07, 6.45) is 2.63. The number of aromatic nitrogens is 2. The van der Waals surface area contributed by atoms with Crippen LogP contribution < -0.4 is 5.32 Å². The summed E-state index contributed by atoms with van der Waals surface area (Å²) >= 11 is 0. The highest BCUT2D eigenvalue weighted by Gasteiger charge is 2.23. The number of hydrogen-bond acceptors (Lipinski definition) is 5. The fourth-order valence-electron chi connectivity index (χ4n) is 2.43. The zero-order valence-electron chi connectivity index (χ0n) is 12.3. The maximum Gasteiger partial charge on any atom is 0.249 e. The summed E-state index contributed by atoms with van der Waals surface area (Å²) < 4.78 is 10.5. The maximum atomic E-state index is 11.8. The van der Waals surface area contributed by atoms with Crippen molar-refractivity contribution in [3.8, 4) is 0 Å². The van der Waals surface area contributed by atoms with E-state index < -0.39 is 0 Å². The van der Waals surface area contributed by atoms with Gasteiger partial charge in [-0.1, -0.05) is 35.5 Å². The monoisotopic (exact) mass is 301 g/mol. The third-order valence-electron chi connectivity index (χ3n) is 3.58. The number of rotatable bonds is 6. The Bertz CT molecular complexity index is 606. The number of hydrogen-bond donors (Lipinski definition) is 1. The van der Waals surface area contributed by atoms with Gasteiger partial charge in [0.1, 0.15) is 6.10 Å². The van der Waals surface area contributed by atoms with Gasteiger partial charge in [-0.3, -0.25) is 4.79 Å². The van der Waals surface area contributed by atoms with Gasteiger partial charge in [-0.25, -0.2) is 0 Å². The van der Waals surface area contributed by atoms with Crippen molar-refractivity contribution in [2.45, 2.75) is 31.8 Å². The molecule has 0 radical (unpaired) electrons. The summed E-state index contributed by atoms with van der Waals surface area (Å²) in [7, 11) is 0. The first-order valence-corrected chi connectivity index (χ1v) is 7.56. The van der Waals surface area contributed by atoms with E-state index in [4.69, 9.17) is 9.26 Å². The number of carbonyl (C=O) groups is 1. The Balaban J connectivity index is 1.44. The van der Waals surface area contributed by atoms with Gasteiger partial charge in [-0.2, -0.15) is 4.98 Å². The SMILES string of the molecule is O=C(NCCc1nc(Cc2ccccc2)no1)[C@H]1CCCO1. The molecule has 0 bridgehead atoms. The molecule has 1 fully saturated rings. The Morgan fingerprint density at radius 3 is 2.95 bits per heavy atom. The number of ether oxygens (including phenoxy) is 1. The number of amides is 1. The van der Waals surface area contributed by atoms with Gasteiger partial charge in [-0.15, -0.1) is 0 Å². The Morgan fingerprint density at radius 1 is 1.32 bits per heavy atom. The molecule has 0 spiro atoms. The molecule has 0 unspecified atom stereocenters. The lowest BCUT2D eigenvalue weighted by Crippen LogP contribution is -2.35. The van der Waals surface area contributed by atoms with E-state index in [1.807, 2.05) is 30.3 Å². The predicted octanol–water partition coefficient (Wildman–Crippen LogP) is 1.50. The molecule has 1 aromatic carbocycles. The van der Waals surface area contributed by atoms with Crippen LogP contribution in [0.25, 0.3) is 0 Å². The third kappa shape index (κ3) is 3.92. The second-order valence-corrected chi connectivity index (χ2v) is 5.31. The molecular weight excluding hydrogens is 282 g/mol. The number of nitrogens with one attached hydrogen (secondary N) is 1. The molecule has 1 N–H and O–H groups in total. The first-order valence-electron chi connectivity index (χ1n) is 7.56. The summed E-state index contributed by atoms with van der Waals surface area (Å²) in [5.41, 5.74) is 1.14. The van der Waals surface area contributed by atoms with E-state index in [1.165, 1.54) is 0 Å². The van der Waals surface area contributed by atoms with Crippen molar-refractivity contribution in [3.05, 3.63) is 47.6 Å². The lowest BCUT2D eigenvalue weighted by Gasteiger charge is -2.08. The van der Waals surface area contributed by atoms with Crippen LogP contribution >= 0.6 is 0 Å². The van der Waals surface area contributed by atoms with Crippen LogP contribution in [0.15, 0.2) is 34.9 Å². The molecular formula is C16H19N3O3. The lowest BCUT2D eigenvalue weighted by atomic mass is 10.1. The molecule has 2 heterocycles. The van der Waals surface area contributed by atoms with Crippen LogP contribution in [0.3, 0.4) is 0 Å². The zero-order chi connectivity index (χ0) is 15.2. The molecule has 0 saturated carbocycles. The Hall–Kier alpha value is -2.21. The Morgan fingerprint density at radius 2 is 2.18 bits per heavy atom. The van der Waals surface area contributed by atoms with Crippen LogP contribution in [0.4, 0.5) is 0 Å². The summed E-state index contributed by atoms with van der Waals surface area (Å²) in [6.45, 7) is 1.15.